The van der Waals surface area contributed by atoms with Gasteiger partial charge in [0.2, 0.25) is 0 Å². The van der Waals surface area contributed by atoms with Gasteiger partial charge in [-0.3, -0.25) is 0 Å². The fourth-order valence-electron chi connectivity index (χ4n) is 2.64. The van der Waals surface area contributed by atoms with E-state index in [0.717, 1.165) is 33.9 Å². The first kappa shape index (κ1) is 14.7. The molecule has 0 saturated carbocycles. The second kappa shape index (κ2) is 5.98. The summed E-state index contributed by atoms with van der Waals surface area (Å²) in [6, 6.07) is 19.4. The number of benzene rings is 2. The Morgan fingerprint density at radius 3 is 2.33 bits per heavy atom. The van der Waals surface area contributed by atoms with Crippen LogP contribution in [0.2, 0.25) is 5.02 Å². The van der Waals surface area contributed by atoms with Crippen LogP contribution in [0.1, 0.15) is 0 Å². The van der Waals surface area contributed by atoms with Gasteiger partial charge in [0.15, 0.2) is 5.65 Å². The Kier molecular flexibility index (Phi) is 3.67. The SMILES string of the molecule is COc1ccc(-c2cc3nccc(-c4ccc(Cl)cc4)n3n2)cc1. The number of fused-ring (bicyclic) bond motifs is 1. The lowest BCUT2D eigenvalue weighted by Crippen LogP contribution is -1.95. The zero-order valence-electron chi connectivity index (χ0n) is 13.0. The van der Waals surface area contributed by atoms with Crippen LogP contribution in [0.15, 0.2) is 66.9 Å². The maximum absolute atomic E-state index is 5.98. The fourth-order valence-corrected chi connectivity index (χ4v) is 2.76. The van der Waals surface area contributed by atoms with Gasteiger partial charge < -0.3 is 4.74 Å². The molecule has 24 heavy (non-hydrogen) atoms. The predicted octanol–water partition coefficient (Wildman–Crippen LogP) is 4.73. The van der Waals surface area contributed by atoms with Crippen LogP contribution in [0.3, 0.4) is 0 Å². The molecule has 0 radical (unpaired) electrons. The second-order valence-electron chi connectivity index (χ2n) is 5.37. The molecule has 0 N–H and O–H groups in total. The third-order valence-electron chi connectivity index (χ3n) is 3.88. The van der Waals surface area contributed by atoms with Crippen LogP contribution >= 0.6 is 11.6 Å². The number of aromatic nitrogens is 3. The molecule has 4 nitrogen and oxygen atoms in total. The monoisotopic (exact) mass is 335 g/mol. The summed E-state index contributed by atoms with van der Waals surface area (Å²) in [7, 11) is 1.65. The Labute approximate surface area is 144 Å². The summed E-state index contributed by atoms with van der Waals surface area (Å²) in [5, 5.41) is 5.43. The Balaban J connectivity index is 1.83. The van der Waals surface area contributed by atoms with E-state index in [-0.39, 0.29) is 0 Å². The number of hydrogen-bond donors (Lipinski definition) is 0. The highest BCUT2D eigenvalue weighted by atomic mass is 35.5. The third kappa shape index (κ3) is 2.61. The van der Waals surface area contributed by atoms with E-state index < -0.39 is 0 Å². The van der Waals surface area contributed by atoms with Crippen molar-refractivity contribution in [1.82, 2.24) is 14.6 Å². The summed E-state index contributed by atoms with van der Waals surface area (Å²) in [6.45, 7) is 0. The van der Waals surface area contributed by atoms with E-state index >= 15 is 0 Å². The number of hydrogen-bond acceptors (Lipinski definition) is 3. The van der Waals surface area contributed by atoms with Crippen LogP contribution in [-0.4, -0.2) is 21.7 Å². The Morgan fingerprint density at radius 1 is 0.917 bits per heavy atom. The zero-order valence-corrected chi connectivity index (χ0v) is 13.7. The summed E-state index contributed by atoms with van der Waals surface area (Å²) in [4.78, 5) is 4.41. The van der Waals surface area contributed by atoms with Gasteiger partial charge in [0.05, 0.1) is 18.5 Å². The van der Waals surface area contributed by atoms with E-state index in [9.17, 15) is 0 Å². The number of ether oxygens (including phenoxy) is 1. The summed E-state index contributed by atoms with van der Waals surface area (Å²) >= 11 is 5.98. The molecule has 118 valence electrons. The molecule has 2 aromatic carbocycles. The van der Waals surface area contributed by atoms with Gasteiger partial charge in [-0.05, 0) is 42.5 Å². The minimum atomic E-state index is 0.712. The van der Waals surface area contributed by atoms with Gasteiger partial charge in [-0.2, -0.15) is 5.10 Å². The maximum atomic E-state index is 5.98. The summed E-state index contributed by atoms with van der Waals surface area (Å²) in [6.07, 6.45) is 1.79. The van der Waals surface area contributed by atoms with Crippen molar-refractivity contribution in [1.29, 1.82) is 0 Å². The highest BCUT2D eigenvalue weighted by molar-refractivity contribution is 6.30. The lowest BCUT2D eigenvalue weighted by Gasteiger charge is -2.04. The molecule has 0 spiro atoms. The molecule has 0 atom stereocenters. The smallest absolute Gasteiger partial charge is 0.156 e. The minimum Gasteiger partial charge on any atom is -0.497 e. The maximum Gasteiger partial charge on any atom is 0.156 e. The molecule has 4 aromatic rings. The quantitative estimate of drug-likeness (QED) is 0.543. The van der Waals surface area contributed by atoms with Gasteiger partial charge in [0.1, 0.15) is 5.75 Å². The standard InChI is InChI=1S/C19H14ClN3O/c1-24-16-8-4-13(5-9-16)17-12-19-21-11-10-18(23(19)22-17)14-2-6-15(20)7-3-14/h2-12H,1H3. The third-order valence-corrected chi connectivity index (χ3v) is 4.14. The first-order chi connectivity index (χ1) is 11.7. The molecule has 4 rings (SSSR count). The Bertz CT molecular complexity index is 991. The molecule has 0 saturated heterocycles. The predicted molar refractivity (Wildman–Crippen MR) is 95.4 cm³/mol. The van der Waals surface area contributed by atoms with Gasteiger partial charge in [-0.25, -0.2) is 9.50 Å². The summed E-state index contributed by atoms with van der Waals surface area (Å²) in [5.41, 5.74) is 4.69. The molecule has 0 aliphatic heterocycles. The first-order valence-corrected chi connectivity index (χ1v) is 7.87. The van der Waals surface area contributed by atoms with Crippen molar-refractivity contribution in [2.24, 2.45) is 0 Å². The molecule has 2 heterocycles. The fraction of sp³-hybridized carbons (Fsp3) is 0.0526. The largest absolute Gasteiger partial charge is 0.497 e. The summed E-state index contributed by atoms with van der Waals surface area (Å²) < 4.78 is 7.05. The van der Waals surface area contributed by atoms with Crippen molar-refractivity contribution in [3.63, 3.8) is 0 Å². The van der Waals surface area contributed by atoms with Crippen molar-refractivity contribution in [3.8, 4) is 28.3 Å². The summed E-state index contributed by atoms with van der Waals surface area (Å²) in [5.74, 6) is 0.822. The number of methoxy groups -OCH3 is 1. The number of nitrogens with zero attached hydrogens (tertiary/aromatic N) is 3. The van der Waals surface area contributed by atoms with Crippen LogP contribution in [-0.2, 0) is 0 Å². The lowest BCUT2D eigenvalue weighted by molar-refractivity contribution is 0.415. The van der Waals surface area contributed by atoms with E-state index in [1.165, 1.54) is 0 Å². The molecule has 0 bridgehead atoms. The van der Waals surface area contributed by atoms with Gasteiger partial charge in [-0.15, -0.1) is 0 Å². The van der Waals surface area contributed by atoms with Crippen molar-refractivity contribution in [3.05, 3.63) is 71.9 Å². The first-order valence-electron chi connectivity index (χ1n) is 7.50. The Morgan fingerprint density at radius 2 is 1.62 bits per heavy atom. The van der Waals surface area contributed by atoms with E-state index in [2.05, 4.69) is 4.98 Å². The van der Waals surface area contributed by atoms with Gasteiger partial charge >= 0.3 is 0 Å². The van der Waals surface area contributed by atoms with Gasteiger partial charge in [-0.1, -0.05) is 23.7 Å². The van der Waals surface area contributed by atoms with E-state index in [1.807, 2.05) is 65.2 Å². The van der Waals surface area contributed by atoms with Crippen LogP contribution in [0.4, 0.5) is 0 Å². The molecule has 2 aromatic heterocycles. The van der Waals surface area contributed by atoms with Crippen molar-refractivity contribution in [2.75, 3.05) is 7.11 Å². The highest BCUT2D eigenvalue weighted by Crippen LogP contribution is 2.26. The number of rotatable bonds is 3. The molecule has 0 unspecified atom stereocenters. The van der Waals surface area contributed by atoms with Crippen LogP contribution in [0.25, 0.3) is 28.2 Å². The topological polar surface area (TPSA) is 39.4 Å². The van der Waals surface area contributed by atoms with Gasteiger partial charge in [0, 0.05) is 28.4 Å². The molecule has 0 fully saturated rings. The van der Waals surface area contributed by atoms with Crippen molar-refractivity contribution >= 4 is 17.2 Å². The molecule has 0 aliphatic rings. The van der Waals surface area contributed by atoms with E-state index in [4.69, 9.17) is 21.4 Å². The van der Waals surface area contributed by atoms with Crippen molar-refractivity contribution in [2.45, 2.75) is 0 Å². The molecular formula is C19H14ClN3O. The Hall–Kier alpha value is -2.85. The molecular weight excluding hydrogens is 322 g/mol. The highest BCUT2D eigenvalue weighted by Gasteiger charge is 2.10. The molecule has 0 aliphatic carbocycles. The van der Waals surface area contributed by atoms with Crippen LogP contribution < -0.4 is 4.74 Å². The average molecular weight is 336 g/mol. The van der Waals surface area contributed by atoms with Gasteiger partial charge in [0.25, 0.3) is 0 Å². The van der Waals surface area contributed by atoms with Crippen molar-refractivity contribution < 1.29 is 4.74 Å². The van der Waals surface area contributed by atoms with E-state index in [1.54, 1.807) is 13.3 Å². The minimum absolute atomic E-state index is 0.712. The molecule has 0 amide bonds. The van der Waals surface area contributed by atoms with E-state index in [0.29, 0.717) is 5.02 Å². The number of halogens is 1. The van der Waals surface area contributed by atoms with Crippen LogP contribution in [0, 0.1) is 0 Å². The zero-order chi connectivity index (χ0) is 16.5. The average Bonchev–Trinajstić information content (AvgIpc) is 3.07. The second-order valence-corrected chi connectivity index (χ2v) is 5.80. The van der Waals surface area contributed by atoms with Crippen LogP contribution in [0.5, 0.6) is 5.75 Å². The lowest BCUT2D eigenvalue weighted by atomic mass is 10.1. The normalized spacial score (nSPS) is 10.9. The molecule has 5 heteroatoms.